The molecular formula is C40H50ClN5O9S. The number of hydrogen-bond acceptors (Lipinski definition) is 11. The fourth-order valence-electron chi connectivity index (χ4n) is 8.12. The highest BCUT2D eigenvalue weighted by atomic mass is 35.5. The predicted octanol–water partition coefficient (Wildman–Crippen LogP) is 5.23. The van der Waals surface area contributed by atoms with E-state index in [0.29, 0.717) is 46.5 Å². The van der Waals surface area contributed by atoms with E-state index in [4.69, 9.17) is 40.5 Å². The smallest absolute Gasteiger partial charge is 0.408 e. The maximum absolute atomic E-state index is 14.7. The van der Waals surface area contributed by atoms with Crippen LogP contribution in [-0.2, 0) is 23.9 Å². The van der Waals surface area contributed by atoms with Gasteiger partial charge in [-0.3, -0.25) is 14.6 Å². The number of likely N-dealkylation sites (tertiary alicyclic amines) is 1. The number of ether oxygens (including phenoxy) is 4. The van der Waals surface area contributed by atoms with Crippen LogP contribution < -0.4 is 20.1 Å². The number of pyridine rings is 1. The molecule has 16 heteroatoms. The fourth-order valence-corrected chi connectivity index (χ4v) is 9.37. The molecule has 56 heavy (non-hydrogen) atoms. The summed E-state index contributed by atoms with van der Waals surface area (Å²) < 4.78 is 23.5. The van der Waals surface area contributed by atoms with Gasteiger partial charge in [-0.2, -0.15) is 0 Å². The van der Waals surface area contributed by atoms with Crippen LogP contribution in [0.5, 0.6) is 11.5 Å². The van der Waals surface area contributed by atoms with Crippen LogP contribution >= 0.6 is 23.4 Å². The molecule has 1 aromatic heterocycles. The Balaban J connectivity index is 1.19. The second-order valence-corrected chi connectivity index (χ2v) is 18.1. The van der Waals surface area contributed by atoms with Crippen molar-refractivity contribution >= 4 is 63.2 Å². The Bertz CT molecular complexity index is 1950. The Morgan fingerprint density at radius 1 is 1.12 bits per heavy atom. The molecule has 302 valence electrons. The quantitative estimate of drug-likeness (QED) is 0.168. The summed E-state index contributed by atoms with van der Waals surface area (Å²) in [6.45, 7) is 11.8. The molecule has 14 nitrogen and oxygen atoms in total. The summed E-state index contributed by atoms with van der Waals surface area (Å²) in [6, 6.07) is 3.21. The summed E-state index contributed by atoms with van der Waals surface area (Å²) in [5.74, 6) is 0.0376. The van der Waals surface area contributed by atoms with Crippen molar-refractivity contribution < 1.29 is 43.2 Å². The van der Waals surface area contributed by atoms with Gasteiger partial charge in [-0.15, -0.1) is 18.3 Å². The van der Waals surface area contributed by atoms with Crippen LogP contribution in [-0.4, -0.2) is 112 Å². The van der Waals surface area contributed by atoms with Gasteiger partial charge in [0.05, 0.1) is 30.4 Å². The van der Waals surface area contributed by atoms with E-state index >= 15 is 0 Å². The monoisotopic (exact) mass is 811 g/mol. The Kier molecular flexibility index (Phi) is 11.2. The number of aliphatic carboxylic acids is 1. The number of thioether (sulfide) groups is 1. The van der Waals surface area contributed by atoms with Crippen LogP contribution in [0, 0.1) is 23.2 Å². The first-order valence-electron chi connectivity index (χ1n) is 19.2. The third kappa shape index (κ3) is 8.17. The van der Waals surface area contributed by atoms with Crippen LogP contribution in [0.3, 0.4) is 0 Å². The van der Waals surface area contributed by atoms with Gasteiger partial charge in [-0.25, -0.2) is 14.6 Å². The Labute approximate surface area is 335 Å². The van der Waals surface area contributed by atoms with Crippen molar-refractivity contribution in [2.45, 2.75) is 95.7 Å². The number of aromatic nitrogens is 1. The minimum absolute atomic E-state index is 0.0327. The second-order valence-electron chi connectivity index (χ2n) is 16.7. The molecule has 4 fully saturated rings. The Morgan fingerprint density at radius 3 is 2.50 bits per heavy atom. The highest BCUT2D eigenvalue weighted by Gasteiger charge is 2.61. The zero-order chi connectivity index (χ0) is 40.1. The van der Waals surface area contributed by atoms with Crippen LogP contribution in [0.15, 0.2) is 35.8 Å². The molecule has 2 aliphatic heterocycles. The molecule has 0 spiro atoms. The SMILES string of the molecule is C=C[C@@H]1C[C@]1(NC(=O)[C@@H]1C[C@@H](Oc2cc(C3=NC(C)CS3)nc3c(Cl)c(OCCOC)ccc23)CN1C(=O)[C@@H](NC(=O)OC1C[C@@H]2C[C@@H]2C1)C(C)(C)C)C(=O)O. The van der Waals surface area contributed by atoms with Crippen LogP contribution in [0.25, 0.3) is 10.9 Å². The number of rotatable bonds is 14. The standard InChI is InChI=1S/C40H50ClN5O9S/c1-7-23-17-40(23,37(49)50)45-34(47)28-15-25(18-46(28)36(48)33(39(3,4)5)44-38(51)55-24-13-21-12-22(21)14-24)54-30-16-27(35-42-20(2)19-56-35)43-32-26(30)8-9-29(31(32)41)53-11-10-52-6/h7-9,16,20-25,28,33H,1,10-15,17-19H2,2-6H3,(H,44,51)(H,45,47)(H,49,50)/t20?,21-,22+,23-,24?,25-,28+,33-,40-/m1/s1. The lowest BCUT2D eigenvalue weighted by atomic mass is 9.85. The van der Waals surface area contributed by atoms with E-state index in [9.17, 15) is 24.3 Å². The lowest BCUT2D eigenvalue weighted by molar-refractivity contribution is -0.146. The first-order chi connectivity index (χ1) is 26.6. The molecule has 7 rings (SSSR count). The lowest BCUT2D eigenvalue weighted by Crippen LogP contribution is -2.59. The number of amides is 3. The number of carbonyl (C=O) groups excluding carboxylic acids is 3. The Morgan fingerprint density at radius 2 is 1.88 bits per heavy atom. The van der Waals surface area contributed by atoms with Gasteiger partial charge >= 0.3 is 12.1 Å². The zero-order valence-corrected chi connectivity index (χ0v) is 33.9. The van der Waals surface area contributed by atoms with Crippen molar-refractivity contribution in [3.8, 4) is 11.5 Å². The number of carbonyl (C=O) groups is 4. The van der Waals surface area contributed by atoms with E-state index in [1.54, 1.807) is 37.1 Å². The molecule has 0 radical (unpaired) electrons. The molecule has 3 amide bonds. The summed E-state index contributed by atoms with van der Waals surface area (Å²) in [7, 11) is 1.58. The Hall–Kier alpha value is -4.08. The maximum atomic E-state index is 14.7. The number of benzene rings is 1. The fraction of sp³-hybridized carbons (Fsp3) is 0.600. The van der Waals surface area contributed by atoms with Crippen molar-refractivity contribution in [2.24, 2.45) is 28.2 Å². The van der Waals surface area contributed by atoms with Crippen molar-refractivity contribution in [1.29, 1.82) is 0 Å². The van der Waals surface area contributed by atoms with Gasteiger partial charge in [0.1, 0.15) is 58.0 Å². The van der Waals surface area contributed by atoms with Gasteiger partial charge in [0, 0.05) is 36.7 Å². The summed E-state index contributed by atoms with van der Waals surface area (Å²) in [5.41, 5.74) is -1.32. The average molecular weight is 812 g/mol. The van der Waals surface area contributed by atoms with Gasteiger partial charge in [-0.1, -0.05) is 38.4 Å². The number of carboxylic acid groups (broad SMARTS) is 1. The minimum Gasteiger partial charge on any atom is -0.490 e. The van der Waals surface area contributed by atoms with Crippen LogP contribution in [0.2, 0.25) is 5.02 Å². The molecule has 2 aromatic rings. The second kappa shape index (κ2) is 15.7. The van der Waals surface area contributed by atoms with Crippen molar-refractivity contribution in [1.82, 2.24) is 20.5 Å². The summed E-state index contributed by atoms with van der Waals surface area (Å²) in [5, 5.41) is 17.2. The van der Waals surface area contributed by atoms with Crippen molar-refractivity contribution in [3.05, 3.63) is 41.6 Å². The molecule has 3 saturated carbocycles. The van der Waals surface area contributed by atoms with E-state index in [1.165, 1.54) is 17.4 Å². The van der Waals surface area contributed by atoms with E-state index in [1.807, 2.05) is 27.7 Å². The van der Waals surface area contributed by atoms with Crippen LogP contribution in [0.1, 0.15) is 65.5 Å². The molecule has 2 unspecified atom stereocenters. The minimum atomic E-state index is -1.52. The molecule has 3 aliphatic carbocycles. The molecule has 3 N–H and O–H groups in total. The van der Waals surface area contributed by atoms with Crippen molar-refractivity contribution in [3.63, 3.8) is 0 Å². The van der Waals surface area contributed by atoms with Crippen LogP contribution in [0.4, 0.5) is 4.79 Å². The van der Waals surface area contributed by atoms with Gasteiger partial charge in [-0.05, 0) is 62.0 Å². The molecule has 1 aromatic carbocycles. The number of carboxylic acids is 1. The number of nitrogens with zero attached hydrogens (tertiary/aromatic N) is 3. The number of hydrogen-bond donors (Lipinski definition) is 3. The molecule has 9 atom stereocenters. The zero-order valence-electron chi connectivity index (χ0n) is 32.3. The van der Waals surface area contributed by atoms with Gasteiger partial charge < -0.3 is 39.6 Å². The molecule has 3 heterocycles. The highest BCUT2D eigenvalue weighted by Crippen LogP contribution is 2.52. The maximum Gasteiger partial charge on any atom is 0.408 e. The van der Waals surface area contributed by atoms with E-state index in [-0.39, 0.29) is 43.2 Å². The number of aliphatic imine (C=N–C) groups is 1. The van der Waals surface area contributed by atoms with E-state index in [2.05, 4.69) is 17.2 Å². The highest BCUT2D eigenvalue weighted by molar-refractivity contribution is 8.14. The summed E-state index contributed by atoms with van der Waals surface area (Å²) in [4.78, 5) is 65.5. The summed E-state index contributed by atoms with van der Waals surface area (Å²) in [6.07, 6.45) is 2.93. The van der Waals surface area contributed by atoms with Gasteiger partial charge in [0.15, 0.2) is 0 Å². The largest absolute Gasteiger partial charge is 0.490 e. The third-order valence-electron chi connectivity index (χ3n) is 11.4. The predicted molar refractivity (Wildman–Crippen MR) is 211 cm³/mol. The number of halogens is 1. The van der Waals surface area contributed by atoms with Gasteiger partial charge in [0.25, 0.3) is 0 Å². The van der Waals surface area contributed by atoms with E-state index < -0.39 is 58.9 Å². The molecule has 1 saturated heterocycles. The molecule has 0 bridgehead atoms. The van der Waals surface area contributed by atoms with Gasteiger partial charge in [0.2, 0.25) is 11.8 Å². The normalized spacial score (nSPS) is 29.6. The molecular weight excluding hydrogens is 762 g/mol. The first kappa shape index (κ1) is 40.1. The molecule has 5 aliphatic rings. The first-order valence-corrected chi connectivity index (χ1v) is 20.6. The number of nitrogens with one attached hydrogen (secondary N) is 2. The average Bonchev–Trinajstić information content (AvgIpc) is 3.83. The van der Waals surface area contributed by atoms with Crippen molar-refractivity contribution in [2.75, 3.05) is 32.6 Å². The number of alkyl carbamates (subject to hydrolysis) is 1. The summed E-state index contributed by atoms with van der Waals surface area (Å²) >= 11 is 8.48. The third-order valence-corrected chi connectivity index (χ3v) is 13.0. The lowest BCUT2D eigenvalue weighted by Gasteiger charge is -2.35. The number of fused-ring (bicyclic) bond motifs is 2. The van der Waals surface area contributed by atoms with E-state index in [0.717, 1.165) is 23.6 Å². The topological polar surface area (TPSA) is 178 Å². The number of methoxy groups -OCH3 is 1.